The van der Waals surface area contributed by atoms with E-state index in [-0.39, 0.29) is 32.3 Å². The van der Waals surface area contributed by atoms with Gasteiger partial charge in [0.25, 0.3) is 0 Å². The first kappa shape index (κ1) is 57.0. The van der Waals surface area contributed by atoms with Gasteiger partial charge in [-0.05, 0) is 44.9 Å². The molecule has 0 spiro atoms. The molecule has 0 fully saturated rings. The molecule has 0 aromatic heterocycles. The van der Waals surface area contributed by atoms with Crippen molar-refractivity contribution in [2.24, 2.45) is 5.73 Å². The molecule has 0 radical (unpaired) electrons. The first-order valence-electron chi connectivity index (χ1n) is 24.8. The Balaban J connectivity index is 3.93. The SMILES string of the molecule is CCCCC/C=C\C/C=C\CCCCCCCCCCCCOCC(COP(=O)(O)OCCN)OC(=O)CCCCCCCCCCCCCCCCCCCCC. The fourth-order valence-corrected chi connectivity index (χ4v) is 7.97. The van der Waals surface area contributed by atoms with Gasteiger partial charge in [-0.3, -0.25) is 13.8 Å². The molecule has 2 unspecified atom stereocenters. The summed E-state index contributed by atoms with van der Waals surface area (Å²) in [7, 11) is -4.28. The molecule has 8 nitrogen and oxygen atoms in total. The lowest BCUT2D eigenvalue weighted by Crippen LogP contribution is -2.28. The summed E-state index contributed by atoms with van der Waals surface area (Å²) in [6.07, 6.45) is 53.4. The molecule has 0 aliphatic carbocycles. The second kappa shape index (κ2) is 47.0. The van der Waals surface area contributed by atoms with Crippen molar-refractivity contribution in [3.05, 3.63) is 24.3 Å². The van der Waals surface area contributed by atoms with Gasteiger partial charge in [0, 0.05) is 19.6 Å². The molecule has 0 saturated carbocycles. The number of carbonyl (C=O) groups excluding carboxylic acids is 1. The van der Waals surface area contributed by atoms with Crippen LogP contribution in [-0.2, 0) is 27.9 Å². The Morgan fingerprint density at radius 3 is 1.38 bits per heavy atom. The van der Waals surface area contributed by atoms with Gasteiger partial charge in [0.15, 0.2) is 0 Å². The zero-order valence-electron chi connectivity index (χ0n) is 38.3. The first-order valence-corrected chi connectivity index (χ1v) is 26.3. The number of unbranched alkanes of at least 4 members (excludes halogenated alkanes) is 31. The number of ether oxygens (including phenoxy) is 2. The first-order chi connectivity index (χ1) is 28.4. The van der Waals surface area contributed by atoms with Gasteiger partial charge in [-0.15, -0.1) is 0 Å². The smallest absolute Gasteiger partial charge is 0.457 e. The molecule has 344 valence electrons. The molecule has 0 aliphatic rings. The third-order valence-corrected chi connectivity index (χ3v) is 11.9. The zero-order chi connectivity index (χ0) is 42.3. The maximum absolute atomic E-state index is 12.6. The zero-order valence-corrected chi connectivity index (χ0v) is 39.2. The molecular weight excluding hydrogens is 746 g/mol. The van der Waals surface area contributed by atoms with E-state index in [1.165, 1.54) is 186 Å². The van der Waals surface area contributed by atoms with Gasteiger partial charge in [-0.1, -0.05) is 218 Å². The normalized spacial score (nSPS) is 13.5. The van der Waals surface area contributed by atoms with Gasteiger partial charge in [0.2, 0.25) is 0 Å². The quantitative estimate of drug-likeness (QED) is 0.0269. The fourth-order valence-electron chi connectivity index (χ4n) is 7.21. The highest BCUT2D eigenvalue weighted by Gasteiger charge is 2.25. The van der Waals surface area contributed by atoms with E-state index in [4.69, 9.17) is 24.3 Å². The monoisotopic (exact) mass is 842 g/mol. The minimum atomic E-state index is -4.28. The lowest BCUT2D eigenvalue weighted by atomic mass is 10.0. The van der Waals surface area contributed by atoms with Crippen LogP contribution in [0.2, 0.25) is 0 Å². The Kier molecular flexibility index (Phi) is 46.2. The van der Waals surface area contributed by atoms with Crippen molar-refractivity contribution in [1.82, 2.24) is 0 Å². The molecule has 0 heterocycles. The van der Waals surface area contributed by atoms with Crippen molar-refractivity contribution in [2.75, 3.05) is 33.0 Å². The van der Waals surface area contributed by atoms with Crippen LogP contribution in [0.5, 0.6) is 0 Å². The highest BCUT2D eigenvalue weighted by Crippen LogP contribution is 2.43. The van der Waals surface area contributed by atoms with Crippen molar-refractivity contribution in [3.8, 4) is 0 Å². The average Bonchev–Trinajstić information content (AvgIpc) is 3.21. The fraction of sp³-hybridized carbons (Fsp3) is 0.898. The maximum atomic E-state index is 12.6. The van der Waals surface area contributed by atoms with Crippen molar-refractivity contribution in [2.45, 2.75) is 251 Å². The molecule has 0 bridgehead atoms. The van der Waals surface area contributed by atoms with Crippen LogP contribution in [0.3, 0.4) is 0 Å². The third-order valence-electron chi connectivity index (χ3n) is 10.9. The topological polar surface area (TPSA) is 117 Å². The van der Waals surface area contributed by atoms with Crippen molar-refractivity contribution in [3.63, 3.8) is 0 Å². The second-order valence-corrected chi connectivity index (χ2v) is 18.1. The summed E-state index contributed by atoms with van der Waals surface area (Å²) in [6, 6.07) is 0. The number of phosphoric ester groups is 1. The van der Waals surface area contributed by atoms with Crippen molar-refractivity contribution < 1.29 is 32.8 Å². The largest absolute Gasteiger partial charge is 0.472 e. The van der Waals surface area contributed by atoms with Gasteiger partial charge < -0.3 is 20.1 Å². The third kappa shape index (κ3) is 46.1. The van der Waals surface area contributed by atoms with Crippen LogP contribution in [-0.4, -0.2) is 49.9 Å². The maximum Gasteiger partial charge on any atom is 0.472 e. The van der Waals surface area contributed by atoms with Crippen LogP contribution in [0, 0.1) is 0 Å². The van der Waals surface area contributed by atoms with Gasteiger partial charge in [0.1, 0.15) is 6.10 Å². The number of nitrogens with two attached hydrogens (primary N) is 1. The standard InChI is InChI=1S/C49H96NO7P/c1-3-5-7-9-11-13-15-17-19-21-23-25-27-29-31-33-35-37-39-41-44-54-46-48(47-56-58(52,53)55-45-43-50)57-49(51)42-40-38-36-34-32-30-28-26-24-22-20-18-16-14-12-10-8-6-4-2/h11,13,17,19,48H,3-10,12,14-16,18,20-47,50H2,1-2H3,(H,52,53)/b13-11-,19-17-. The summed E-state index contributed by atoms with van der Waals surface area (Å²) in [5.74, 6) is -0.326. The van der Waals surface area contributed by atoms with Crippen molar-refractivity contribution in [1.29, 1.82) is 0 Å². The number of esters is 1. The lowest BCUT2D eigenvalue weighted by Gasteiger charge is -2.20. The second-order valence-electron chi connectivity index (χ2n) is 16.7. The summed E-state index contributed by atoms with van der Waals surface area (Å²) in [4.78, 5) is 22.6. The summed E-state index contributed by atoms with van der Waals surface area (Å²) >= 11 is 0. The van der Waals surface area contributed by atoms with Crippen LogP contribution in [0.4, 0.5) is 0 Å². The Labute approximate surface area is 359 Å². The molecule has 2 atom stereocenters. The van der Waals surface area contributed by atoms with Gasteiger partial charge in [-0.2, -0.15) is 0 Å². The number of carbonyl (C=O) groups is 1. The molecule has 0 aromatic rings. The minimum absolute atomic E-state index is 0.0935. The molecular formula is C49H96NO7P. The summed E-state index contributed by atoms with van der Waals surface area (Å²) < 4.78 is 33.6. The van der Waals surface area contributed by atoms with E-state index in [0.29, 0.717) is 13.0 Å². The lowest BCUT2D eigenvalue weighted by molar-refractivity contribution is -0.154. The number of hydrogen-bond donors (Lipinski definition) is 2. The molecule has 0 aliphatic heterocycles. The Bertz CT molecular complexity index is 946. The molecule has 0 saturated heterocycles. The summed E-state index contributed by atoms with van der Waals surface area (Å²) in [5, 5.41) is 0. The van der Waals surface area contributed by atoms with E-state index in [1.807, 2.05) is 0 Å². The van der Waals surface area contributed by atoms with Crippen LogP contribution in [0.1, 0.15) is 245 Å². The molecule has 0 rings (SSSR count). The van der Waals surface area contributed by atoms with Gasteiger partial charge >= 0.3 is 13.8 Å². The number of allylic oxidation sites excluding steroid dienone is 4. The van der Waals surface area contributed by atoms with Gasteiger partial charge in [-0.25, -0.2) is 4.57 Å². The molecule has 58 heavy (non-hydrogen) atoms. The predicted molar refractivity (Wildman–Crippen MR) is 247 cm³/mol. The summed E-state index contributed by atoms with van der Waals surface area (Å²) in [6.45, 7) is 4.94. The van der Waals surface area contributed by atoms with E-state index in [0.717, 1.165) is 38.5 Å². The van der Waals surface area contributed by atoms with Crippen LogP contribution < -0.4 is 5.73 Å². The Morgan fingerprint density at radius 1 is 0.517 bits per heavy atom. The Morgan fingerprint density at radius 2 is 0.914 bits per heavy atom. The average molecular weight is 842 g/mol. The van der Waals surface area contributed by atoms with E-state index >= 15 is 0 Å². The molecule has 0 aromatic carbocycles. The van der Waals surface area contributed by atoms with E-state index in [9.17, 15) is 14.3 Å². The Hall–Kier alpha value is -1.02. The van der Waals surface area contributed by atoms with Gasteiger partial charge in [0.05, 0.1) is 19.8 Å². The van der Waals surface area contributed by atoms with Crippen molar-refractivity contribution >= 4 is 13.8 Å². The number of hydrogen-bond acceptors (Lipinski definition) is 7. The number of phosphoric acid groups is 1. The highest BCUT2D eigenvalue weighted by atomic mass is 31.2. The van der Waals surface area contributed by atoms with Crippen LogP contribution >= 0.6 is 7.82 Å². The van der Waals surface area contributed by atoms with Crippen LogP contribution in [0.25, 0.3) is 0 Å². The van der Waals surface area contributed by atoms with E-state index in [1.54, 1.807) is 0 Å². The molecule has 3 N–H and O–H groups in total. The minimum Gasteiger partial charge on any atom is -0.457 e. The molecule has 0 amide bonds. The molecule has 9 heteroatoms. The predicted octanol–water partition coefficient (Wildman–Crippen LogP) is 15.2. The van der Waals surface area contributed by atoms with E-state index < -0.39 is 13.9 Å². The highest BCUT2D eigenvalue weighted by molar-refractivity contribution is 7.47. The summed E-state index contributed by atoms with van der Waals surface area (Å²) in [5.41, 5.74) is 5.39. The number of rotatable bonds is 48. The van der Waals surface area contributed by atoms with Crippen LogP contribution in [0.15, 0.2) is 24.3 Å². The van der Waals surface area contributed by atoms with E-state index in [2.05, 4.69) is 38.2 Å².